The van der Waals surface area contributed by atoms with Gasteiger partial charge in [0.1, 0.15) is 5.75 Å². The predicted molar refractivity (Wildman–Crippen MR) is 160 cm³/mol. The van der Waals surface area contributed by atoms with Crippen molar-refractivity contribution in [2.75, 3.05) is 19.0 Å². The van der Waals surface area contributed by atoms with Gasteiger partial charge in [-0.3, -0.25) is 15.1 Å². The number of imidazole rings is 1. The van der Waals surface area contributed by atoms with Crippen LogP contribution in [0.2, 0.25) is 0 Å². The average Bonchev–Trinajstić information content (AvgIpc) is 3.34. The van der Waals surface area contributed by atoms with E-state index in [9.17, 15) is 9.59 Å². The summed E-state index contributed by atoms with van der Waals surface area (Å²) >= 11 is 0. The molecule has 0 spiro atoms. The van der Waals surface area contributed by atoms with Gasteiger partial charge in [0.2, 0.25) is 5.95 Å². The van der Waals surface area contributed by atoms with E-state index >= 15 is 0 Å². The van der Waals surface area contributed by atoms with Gasteiger partial charge in [0.15, 0.2) is 0 Å². The topological polar surface area (TPSA) is 114 Å². The predicted octanol–water partition coefficient (Wildman–Crippen LogP) is 6.16. The Bertz CT molecular complexity index is 1710. The third-order valence-corrected chi connectivity index (χ3v) is 6.65. The summed E-state index contributed by atoms with van der Waals surface area (Å²) in [6.07, 6.45) is 1.72. The molecule has 0 saturated carbocycles. The highest BCUT2D eigenvalue weighted by molar-refractivity contribution is 5.98. The third kappa shape index (κ3) is 5.58. The van der Waals surface area contributed by atoms with E-state index in [2.05, 4.69) is 25.6 Å². The van der Waals surface area contributed by atoms with Crippen molar-refractivity contribution in [3.8, 4) is 28.1 Å². The Balaban J connectivity index is 0.00000370. The molecule has 40 heavy (non-hydrogen) atoms. The van der Waals surface area contributed by atoms with Crippen molar-refractivity contribution >= 4 is 23.0 Å². The molecule has 3 N–H and O–H groups in total. The molecular formula is C31H34N6O3. The van der Waals surface area contributed by atoms with Gasteiger partial charge in [-0.1, -0.05) is 25.6 Å². The number of H-pyrrole nitrogens is 1. The van der Waals surface area contributed by atoms with E-state index in [1.807, 2.05) is 81.4 Å². The second kappa shape index (κ2) is 11.9. The summed E-state index contributed by atoms with van der Waals surface area (Å²) < 4.78 is 7.15. The Hall–Kier alpha value is -4.92. The SMILES string of the molecule is C.CCNC(=O)Nc1nc2c(-c3ccccn3)cc(-c3cc(C)n(C(C)c4cccc(OC)c4)c(=O)c3)cc2[nH]1. The molecule has 9 heteroatoms. The summed E-state index contributed by atoms with van der Waals surface area (Å²) in [6.45, 7) is 6.28. The number of benzene rings is 2. The molecule has 0 bridgehead atoms. The van der Waals surface area contributed by atoms with E-state index < -0.39 is 0 Å². The summed E-state index contributed by atoms with van der Waals surface area (Å²) in [4.78, 5) is 37.9. The molecule has 9 nitrogen and oxygen atoms in total. The Morgan fingerprint density at radius 1 is 1.07 bits per heavy atom. The van der Waals surface area contributed by atoms with Crippen LogP contribution in [-0.2, 0) is 0 Å². The monoisotopic (exact) mass is 538 g/mol. The largest absolute Gasteiger partial charge is 0.497 e. The van der Waals surface area contributed by atoms with Gasteiger partial charge < -0.3 is 19.6 Å². The maximum Gasteiger partial charge on any atom is 0.321 e. The molecule has 5 aromatic rings. The second-order valence-electron chi connectivity index (χ2n) is 9.25. The summed E-state index contributed by atoms with van der Waals surface area (Å²) in [5.74, 6) is 1.07. The Labute approximate surface area is 233 Å². The highest BCUT2D eigenvalue weighted by atomic mass is 16.5. The standard InChI is InChI=1S/C30H30N6O3.CH4/c1-5-31-30(38)35-29-33-26-16-22(15-24(28(26)34-29)25-11-6-7-12-32-25)21-13-18(2)36(27(37)17-21)19(3)20-9-8-10-23(14-20)39-4;/h6-17,19H,5H2,1-4H3,(H3,31,33,34,35,38);1H4. The number of carbonyl (C=O) groups is 1. The van der Waals surface area contributed by atoms with Crippen LogP contribution in [0.5, 0.6) is 5.75 Å². The maximum atomic E-state index is 13.5. The van der Waals surface area contributed by atoms with E-state index in [0.717, 1.165) is 39.4 Å². The van der Waals surface area contributed by atoms with Gasteiger partial charge >= 0.3 is 6.03 Å². The van der Waals surface area contributed by atoms with Crippen molar-refractivity contribution < 1.29 is 9.53 Å². The van der Waals surface area contributed by atoms with Crippen LogP contribution >= 0.6 is 0 Å². The fourth-order valence-corrected chi connectivity index (χ4v) is 4.80. The number of fused-ring (bicyclic) bond motifs is 1. The fourth-order valence-electron chi connectivity index (χ4n) is 4.80. The molecule has 2 aromatic carbocycles. The zero-order chi connectivity index (χ0) is 27.5. The molecular weight excluding hydrogens is 504 g/mol. The van der Waals surface area contributed by atoms with Crippen LogP contribution in [0.1, 0.15) is 38.6 Å². The smallest absolute Gasteiger partial charge is 0.321 e. The molecule has 0 aliphatic heterocycles. The second-order valence-corrected chi connectivity index (χ2v) is 9.25. The van der Waals surface area contributed by atoms with Gasteiger partial charge in [0.25, 0.3) is 5.56 Å². The number of aryl methyl sites for hydroxylation is 1. The van der Waals surface area contributed by atoms with Crippen molar-refractivity contribution in [3.05, 3.63) is 94.5 Å². The van der Waals surface area contributed by atoms with E-state index in [0.29, 0.717) is 23.5 Å². The van der Waals surface area contributed by atoms with Gasteiger partial charge in [0.05, 0.1) is 29.9 Å². The normalized spacial score (nSPS) is 11.5. The quantitative estimate of drug-likeness (QED) is 0.230. The molecule has 3 aromatic heterocycles. The first-order valence-corrected chi connectivity index (χ1v) is 12.8. The number of ether oxygens (including phenoxy) is 1. The number of methoxy groups -OCH3 is 1. The molecule has 1 atom stereocenters. The Morgan fingerprint density at radius 3 is 2.58 bits per heavy atom. The van der Waals surface area contributed by atoms with E-state index in [1.54, 1.807) is 23.9 Å². The molecule has 3 heterocycles. The highest BCUT2D eigenvalue weighted by Gasteiger charge is 2.17. The van der Waals surface area contributed by atoms with Crippen molar-refractivity contribution in [2.24, 2.45) is 0 Å². The van der Waals surface area contributed by atoms with Crippen molar-refractivity contribution in [2.45, 2.75) is 34.2 Å². The molecule has 0 saturated heterocycles. The number of rotatable bonds is 7. The fraction of sp³-hybridized carbons (Fsp3) is 0.226. The molecule has 2 amide bonds. The number of hydrogen-bond acceptors (Lipinski definition) is 5. The minimum Gasteiger partial charge on any atom is -0.497 e. The number of carbonyl (C=O) groups excluding carboxylic acids is 1. The van der Waals surface area contributed by atoms with Crippen LogP contribution in [0.4, 0.5) is 10.7 Å². The van der Waals surface area contributed by atoms with E-state index in [-0.39, 0.29) is 25.1 Å². The van der Waals surface area contributed by atoms with Gasteiger partial charge in [0, 0.05) is 30.1 Å². The molecule has 0 aliphatic carbocycles. The number of hydrogen-bond donors (Lipinski definition) is 3. The van der Waals surface area contributed by atoms with Gasteiger partial charge in [-0.05, 0) is 79.9 Å². The lowest BCUT2D eigenvalue weighted by atomic mass is 9.99. The summed E-state index contributed by atoms with van der Waals surface area (Å²) in [6, 6.07) is 20.5. The van der Waals surface area contributed by atoms with E-state index in [4.69, 9.17) is 4.74 Å². The molecule has 0 radical (unpaired) electrons. The molecule has 0 fully saturated rings. The van der Waals surface area contributed by atoms with Gasteiger partial charge in [-0.2, -0.15) is 0 Å². The van der Waals surface area contributed by atoms with Gasteiger partial charge in [-0.25, -0.2) is 9.78 Å². The zero-order valence-electron chi connectivity index (χ0n) is 22.3. The number of pyridine rings is 2. The first kappa shape index (κ1) is 28.1. The number of nitrogens with one attached hydrogen (secondary N) is 3. The van der Waals surface area contributed by atoms with Crippen LogP contribution in [0.25, 0.3) is 33.4 Å². The molecule has 1 unspecified atom stereocenters. The van der Waals surface area contributed by atoms with E-state index in [1.165, 1.54) is 0 Å². The van der Waals surface area contributed by atoms with Crippen molar-refractivity contribution in [1.82, 2.24) is 24.8 Å². The number of nitrogens with zero attached hydrogens (tertiary/aromatic N) is 3. The lowest BCUT2D eigenvalue weighted by Gasteiger charge is -2.20. The lowest BCUT2D eigenvalue weighted by Crippen LogP contribution is -2.28. The molecule has 5 rings (SSSR count). The van der Waals surface area contributed by atoms with Crippen molar-refractivity contribution in [1.29, 1.82) is 0 Å². The number of amides is 2. The molecule has 206 valence electrons. The Morgan fingerprint density at radius 2 is 1.88 bits per heavy atom. The van der Waals surface area contributed by atoms with Crippen LogP contribution < -0.4 is 20.9 Å². The number of aromatic nitrogens is 4. The van der Waals surface area contributed by atoms with Crippen molar-refractivity contribution in [3.63, 3.8) is 0 Å². The van der Waals surface area contributed by atoms with Gasteiger partial charge in [-0.15, -0.1) is 0 Å². The third-order valence-electron chi connectivity index (χ3n) is 6.65. The maximum absolute atomic E-state index is 13.5. The van der Waals surface area contributed by atoms with Crippen LogP contribution in [0.15, 0.2) is 77.7 Å². The van der Waals surface area contributed by atoms with Crippen LogP contribution in [0, 0.1) is 6.92 Å². The summed E-state index contributed by atoms with van der Waals surface area (Å²) in [5, 5.41) is 5.43. The number of aromatic amines is 1. The minimum atomic E-state index is -0.347. The summed E-state index contributed by atoms with van der Waals surface area (Å²) in [5.41, 5.74) is 6.21. The minimum absolute atomic E-state index is 0. The summed E-state index contributed by atoms with van der Waals surface area (Å²) in [7, 11) is 1.63. The highest BCUT2D eigenvalue weighted by Crippen LogP contribution is 2.33. The number of anilines is 1. The first-order chi connectivity index (χ1) is 18.9. The van der Waals surface area contributed by atoms with Crippen LogP contribution in [0.3, 0.4) is 0 Å². The first-order valence-electron chi connectivity index (χ1n) is 12.8. The number of urea groups is 1. The molecule has 0 aliphatic rings. The Kier molecular flexibility index (Phi) is 8.33. The zero-order valence-corrected chi connectivity index (χ0v) is 22.3. The average molecular weight is 539 g/mol. The van der Waals surface area contributed by atoms with Crippen LogP contribution in [-0.4, -0.2) is 39.2 Å². The lowest BCUT2D eigenvalue weighted by molar-refractivity contribution is 0.252.